The second-order valence-electron chi connectivity index (χ2n) is 9.27. The predicted molar refractivity (Wildman–Crippen MR) is 157 cm³/mol. The van der Waals surface area contributed by atoms with Crippen molar-refractivity contribution in [2.75, 3.05) is 70.9 Å². The van der Waals surface area contributed by atoms with Crippen molar-refractivity contribution in [1.29, 1.82) is 0 Å². The fourth-order valence-electron chi connectivity index (χ4n) is 4.70. The van der Waals surface area contributed by atoms with Crippen molar-refractivity contribution in [2.24, 2.45) is 0 Å². The van der Waals surface area contributed by atoms with Gasteiger partial charge in [0, 0.05) is 62.7 Å². The molecule has 210 valence electrons. The largest absolute Gasteiger partial charge is 0.495 e. The number of rotatable bonds is 9. The number of ether oxygens (including phenoxy) is 3. The molecule has 2 aromatic heterocycles. The third-order valence-electron chi connectivity index (χ3n) is 6.96. The van der Waals surface area contributed by atoms with Crippen molar-refractivity contribution in [3.63, 3.8) is 0 Å². The quantitative estimate of drug-likeness (QED) is 0.284. The first-order chi connectivity index (χ1) is 19.4. The number of amides is 1. The van der Waals surface area contributed by atoms with Crippen LogP contribution in [0.25, 0.3) is 22.3 Å². The maximum atomic E-state index is 13.0. The van der Waals surface area contributed by atoms with Crippen LogP contribution in [-0.4, -0.2) is 86.6 Å². The van der Waals surface area contributed by atoms with Gasteiger partial charge in [0.1, 0.15) is 11.5 Å². The molecule has 0 unspecified atom stereocenters. The molecule has 1 amide bonds. The highest BCUT2D eigenvalue weighted by molar-refractivity contribution is 6.41. The Balaban J connectivity index is 1.30. The zero-order chi connectivity index (χ0) is 28.2. The molecular formula is C28H30Cl2N6O4. The molecule has 2 N–H and O–H groups in total. The number of H-pyrrole nitrogens is 1. The number of fused-ring (bicyclic) bond motifs is 1. The average molecular weight is 585 g/mol. The fraction of sp³-hybridized carbons (Fsp3) is 0.321. The number of anilines is 2. The summed E-state index contributed by atoms with van der Waals surface area (Å²) in [5, 5.41) is 11.3. The first-order valence-corrected chi connectivity index (χ1v) is 13.5. The van der Waals surface area contributed by atoms with Gasteiger partial charge in [-0.2, -0.15) is 5.10 Å². The molecule has 40 heavy (non-hydrogen) atoms. The van der Waals surface area contributed by atoms with Gasteiger partial charge in [0.2, 0.25) is 0 Å². The molecule has 0 radical (unpaired) electrons. The zero-order valence-electron chi connectivity index (χ0n) is 22.5. The van der Waals surface area contributed by atoms with Crippen LogP contribution in [0.3, 0.4) is 0 Å². The molecule has 10 nitrogen and oxygen atoms in total. The van der Waals surface area contributed by atoms with Gasteiger partial charge in [0.25, 0.3) is 5.91 Å². The first-order valence-electron chi connectivity index (χ1n) is 12.8. The Kier molecular flexibility index (Phi) is 8.60. The van der Waals surface area contributed by atoms with E-state index in [2.05, 4.69) is 30.3 Å². The molecule has 0 saturated carbocycles. The highest BCUT2D eigenvalue weighted by Gasteiger charge is 2.21. The van der Waals surface area contributed by atoms with Crippen molar-refractivity contribution >= 4 is 51.6 Å². The number of carbonyl (C=O) groups excluding carboxylic acids is 1. The van der Waals surface area contributed by atoms with Crippen LogP contribution >= 0.6 is 23.2 Å². The van der Waals surface area contributed by atoms with E-state index in [1.165, 1.54) is 14.2 Å². The molecule has 5 rings (SSSR count). The van der Waals surface area contributed by atoms with Crippen LogP contribution in [-0.2, 0) is 4.74 Å². The number of piperazine rings is 1. The number of benzene rings is 2. The summed E-state index contributed by atoms with van der Waals surface area (Å²) in [6.45, 7) is 5.52. The lowest BCUT2D eigenvalue weighted by molar-refractivity contribution is 0.102. The maximum Gasteiger partial charge on any atom is 0.256 e. The van der Waals surface area contributed by atoms with Gasteiger partial charge in [0.15, 0.2) is 11.5 Å². The minimum atomic E-state index is -0.267. The maximum absolute atomic E-state index is 13.0. The van der Waals surface area contributed by atoms with E-state index >= 15 is 0 Å². The first kappa shape index (κ1) is 28.0. The molecule has 0 bridgehead atoms. The van der Waals surface area contributed by atoms with E-state index in [1.54, 1.807) is 25.3 Å². The number of aromatic amines is 1. The highest BCUT2D eigenvalue weighted by Crippen LogP contribution is 2.45. The number of aromatic nitrogens is 3. The molecule has 2 aromatic carbocycles. The third-order valence-corrected chi connectivity index (χ3v) is 7.71. The van der Waals surface area contributed by atoms with Gasteiger partial charge in [0.05, 0.1) is 42.0 Å². The SMILES string of the molecule is COCCN1CCN(c2ccc(C(=O)Nc3n[nH]c4nc(-c5c(Cl)c(OC)cc(OC)c5Cl)ccc34)cc2)CC1. The van der Waals surface area contributed by atoms with Gasteiger partial charge >= 0.3 is 0 Å². The number of nitrogens with zero attached hydrogens (tertiary/aromatic N) is 4. The van der Waals surface area contributed by atoms with Crippen LogP contribution in [0.2, 0.25) is 10.0 Å². The van der Waals surface area contributed by atoms with Crippen molar-refractivity contribution in [1.82, 2.24) is 20.1 Å². The lowest BCUT2D eigenvalue weighted by Gasteiger charge is -2.36. The molecule has 12 heteroatoms. The summed E-state index contributed by atoms with van der Waals surface area (Å²) in [7, 11) is 4.75. The van der Waals surface area contributed by atoms with E-state index in [0.29, 0.717) is 55.2 Å². The van der Waals surface area contributed by atoms with Crippen LogP contribution in [0.1, 0.15) is 10.4 Å². The summed E-state index contributed by atoms with van der Waals surface area (Å²) >= 11 is 13.1. The van der Waals surface area contributed by atoms with E-state index in [0.717, 1.165) is 45.0 Å². The second kappa shape index (κ2) is 12.3. The minimum absolute atomic E-state index is 0.267. The van der Waals surface area contributed by atoms with Crippen molar-refractivity contribution in [3.05, 3.63) is 58.1 Å². The summed E-state index contributed by atoms with van der Waals surface area (Å²) in [6.07, 6.45) is 0. The van der Waals surface area contributed by atoms with Crippen LogP contribution in [0.5, 0.6) is 11.5 Å². The molecule has 0 aliphatic carbocycles. The molecule has 0 atom stereocenters. The van der Waals surface area contributed by atoms with Crippen molar-refractivity contribution in [3.8, 4) is 22.8 Å². The van der Waals surface area contributed by atoms with Gasteiger partial charge in [-0.15, -0.1) is 0 Å². The Morgan fingerprint density at radius 2 is 1.65 bits per heavy atom. The third kappa shape index (κ3) is 5.66. The molecule has 3 heterocycles. The summed E-state index contributed by atoms with van der Waals surface area (Å²) < 4.78 is 15.9. The summed E-state index contributed by atoms with van der Waals surface area (Å²) in [4.78, 5) is 22.4. The van der Waals surface area contributed by atoms with Gasteiger partial charge in [-0.25, -0.2) is 4.98 Å². The number of carbonyl (C=O) groups is 1. The number of methoxy groups -OCH3 is 3. The fourth-order valence-corrected chi connectivity index (χ4v) is 5.40. The second-order valence-corrected chi connectivity index (χ2v) is 10.0. The molecule has 1 fully saturated rings. The molecule has 1 aliphatic rings. The lowest BCUT2D eigenvalue weighted by atomic mass is 10.1. The van der Waals surface area contributed by atoms with E-state index in [9.17, 15) is 4.79 Å². The minimum Gasteiger partial charge on any atom is -0.495 e. The Labute approximate surface area is 242 Å². The summed E-state index contributed by atoms with van der Waals surface area (Å²) in [6, 6.07) is 12.8. The number of nitrogens with one attached hydrogen (secondary N) is 2. The Morgan fingerprint density at radius 1 is 0.975 bits per heavy atom. The van der Waals surface area contributed by atoms with E-state index in [1.807, 2.05) is 24.3 Å². The molecule has 0 spiro atoms. The van der Waals surface area contributed by atoms with Gasteiger partial charge in [-0.3, -0.25) is 14.8 Å². The number of hydrogen-bond donors (Lipinski definition) is 2. The monoisotopic (exact) mass is 584 g/mol. The van der Waals surface area contributed by atoms with Crippen molar-refractivity contribution in [2.45, 2.75) is 0 Å². The van der Waals surface area contributed by atoms with Crippen LogP contribution in [0.15, 0.2) is 42.5 Å². The zero-order valence-corrected chi connectivity index (χ0v) is 24.0. The highest BCUT2D eigenvalue weighted by atomic mass is 35.5. The number of hydrogen-bond acceptors (Lipinski definition) is 8. The van der Waals surface area contributed by atoms with Gasteiger partial charge < -0.3 is 24.4 Å². The molecule has 1 aliphatic heterocycles. The summed E-state index contributed by atoms with van der Waals surface area (Å²) in [5.74, 6) is 0.924. The van der Waals surface area contributed by atoms with Crippen LogP contribution < -0.4 is 19.7 Å². The number of halogens is 2. The summed E-state index contributed by atoms with van der Waals surface area (Å²) in [5.41, 5.74) is 3.05. The molecular weight excluding hydrogens is 555 g/mol. The number of pyridine rings is 1. The Morgan fingerprint density at radius 3 is 2.27 bits per heavy atom. The van der Waals surface area contributed by atoms with Crippen LogP contribution in [0, 0.1) is 0 Å². The van der Waals surface area contributed by atoms with Crippen molar-refractivity contribution < 1.29 is 19.0 Å². The van der Waals surface area contributed by atoms with E-state index in [-0.39, 0.29) is 5.91 Å². The normalized spacial score (nSPS) is 14.0. The van der Waals surface area contributed by atoms with Gasteiger partial charge in [-0.05, 0) is 36.4 Å². The van der Waals surface area contributed by atoms with E-state index in [4.69, 9.17) is 37.4 Å². The Hall–Kier alpha value is -3.57. The Bertz CT molecular complexity index is 1470. The average Bonchev–Trinajstić information content (AvgIpc) is 3.38. The van der Waals surface area contributed by atoms with E-state index < -0.39 is 0 Å². The topological polar surface area (TPSA) is 105 Å². The molecule has 4 aromatic rings. The van der Waals surface area contributed by atoms with Crippen LogP contribution in [0.4, 0.5) is 11.5 Å². The smallest absolute Gasteiger partial charge is 0.256 e. The molecule has 1 saturated heterocycles. The standard InChI is InChI=1S/C28H30Cl2N6O4/c1-38-15-14-35-10-12-36(13-11-35)18-6-4-17(5-7-18)28(37)32-27-19-8-9-20(31-26(19)33-34-27)23-24(29)21(39-2)16-22(40-3)25(23)30/h4-9,16H,10-15H2,1-3H3,(H2,31,32,33,34,37). The lowest BCUT2D eigenvalue weighted by Crippen LogP contribution is -2.47. The van der Waals surface area contributed by atoms with Gasteiger partial charge in [-0.1, -0.05) is 23.2 Å². The predicted octanol–water partition coefficient (Wildman–Crippen LogP) is 4.97.